The predicted molar refractivity (Wildman–Crippen MR) is 207 cm³/mol. The van der Waals surface area contributed by atoms with Crippen molar-refractivity contribution in [3.63, 3.8) is 0 Å². The fourth-order valence-electron chi connectivity index (χ4n) is 9.04. The molecule has 49 heavy (non-hydrogen) atoms. The third-order valence-electron chi connectivity index (χ3n) is 12.1. The average Bonchev–Trinajstić information content (AvgIpc) is 3.40. The minimum atomic E-state index is -0.593. The molecule has 0 spiro atoms. The van der Waals surface area contributed by atoms with Gasteiger partial charge in [0.2, 0.25) is 0 Å². The first-order valence-corrected chi connectivity index (χ1v) is 20.8. The van der Waals surface area contributed by atoms with Crippen molar-refractivity contribution >= 4 is 5.97 Å². The number of aliphatic hydroxyl groups excluding tert-OH is 1. The Hall–Kier alpha value is -1.65. The summed E-state index contributed by atoms with van der Waals surface area (Å²) < 4.78 is 5.91. The van der Waals surface area contributed by atoms with Gasteiger partial charge in [0.15, 0.2) is 0 Å². The lowest BCUT2D eigenvalue weighted by Crippen LogP contribution is -2.33. The van der Waals surface area contributed by atoms with Crippen molar-refractivity contribution in [1.82, 2.24) is 0 Å². The number of fused-ring (bicyclic) bond motifs is 1. The van der Waals surface area contributed by atoms with E-state index in [0.29, 0.717) is 31.1 Å². The molecule has 3 aliphatic rings. The van der Waals surface area contributed by atoms with Crippen molar-refractivity contribution in [1.29, 1.82) is 0 Å². The molecule has 2 N–H and O–H groups in total. The molecular formula is C45H76O4. The summed E-state index contributed by atoms with van der Waals surface area (Å²) in [7, 11) is 0. The maximum atomic E-state index is 12.8. The van der Waals surface area contributed by atoms with E-state index in [2.05, 4.69) is 45.6 Å². The molecule has 0 aliphatic heterocycles. The Labute approximate surface area is 302 Å². The van der Waals surface area contributed by atoms with E-state index < -0.39 is 17.8 Å². The van der Waals surface area contributed by atoms with Gasteiger partial charge >= 0.3 is 5.97 Å². The van der Waals surface area contributed by atoms with Crippen LogP contribution in [-0.2, 0) is 9.53 Å². The van der Waals surface area contributed by atoms with Gasteiger partial charge in [-0.2, -0.15) is 0 Å². The van der Waals surface area contributed by atoms with E-state index in [0.717, 1.165) is 56.1 Å². The fraction of sp³-hybridized carbons (Fsp3) is 0.800. The quantitative estimate of drug-likeness (QED) is 0.0640. The second-order valence-electron chi connectivity index (χ2n) is 17.1. The van der Waals surface area contributed by atoms with Gasteiger partial charge in [0.05, 0.1) is 11.7 Å². The number of aliphatic hydroxyl groups is 2. The van der Waals surface area contributed by atoms with Crippen LogP contribution in [0, 0.1) is 17.3 Å². The molecular weight excluding hydrogens is 604 g/mol. The van der Waals surface area contributed by atoms with Crippen LogP contribution < -0.4 is 0 Å². The average molecular weight is 681 g/mol. The van der Waals surface area contributed by atoms with Crippen LogP contribution in [0.15, 0.2) is 47.1 Å². The summed E-state index contributed by atoms with van der Waals surface area (Å²) in [6.45, 7) is 15.3. The summed E-state index contributed by atoms with van der Waals surface area (Å²) in [6.07, 6.45) is 34.8. The Bertz CT molecular complexity index is 1090. The lowest BCUT2D eigenvalue weighted by molar-refractivity contribution is -0.149. The van der Waals surface area contributed by atoms with E-state index in [1.54, 1.807) is 5.57 Å². The van der Waals surface area contributed by atoms with Crippen LogP contribution in [0.3, 0.4) is 0 Å². The van der Waals surface area contributed by atoms with Crippen molar-refractivity contribution in [2.75, 3.05) is 0 Å². The van der Waals surface area contributed by atoms with Crippen LogP contribution in [0.2, 0.25) is 0 Å². The van der Waals surface area contributed by atoms with E-state index in [4.69, 9.17) is 4.74 Å². The number of ether oxygens (including phenoxy) is 1. The Morgan fingerprint density at radius 1 is 0.980 bits per heavy atom. The van der Waals surface area contributed by atoms with Gasteiger partial charge in [0, 0.05) is 12.8 Å². The third-order valence-corrected chi connectivity index (χ3v) is 12.1. The first-order chi connectivity index (χ1) is 23.4. The fourth-order valence-corrected chi connectivity index (χ4v) is 9.04. The first kappa shape index (κ1) is 41.8. The standard InChI is InChI=1S/C45H76O4/c1-7-8-9-10-11-12-13-14-15-16-17-18-19-20-21-26-43(47)49-42-34-39(46)33-38(36(42)3)28-27-37-25-23-32-45(6)40(29-30-41(37)45)35(2)24-22-31-44(4,5)48/h27-29,35,39,41-42,46,48H,3,7-26,30-34H2,1-2,4-6H3/b37-27+,38-28-/t35-,39-,41?,42-,45?/m0/s1. The van der Waals surface area contributed by atoms with E-state index in [1.807, 2.05) is 13.8 Å². The lowest BCUT2D eigenvalue weighted by atomic mass is 9.62. The topological polar surface area (TPSA) is 66.8 Å². The smallest absolute Gasteiger partial charge is 0.306 e. The molecule has 2 unspecified atom stereocenters. The van der Waals surface area contributed by atoms with Gasteiger partial charge in [0.1, 0.15) is 6.10 Å². The SMILES string of the molecule is C=C1/C(=C\C=C2/CCCC3(C)C([C@@H](C)CCCC(C)(C)O)=CCC23)C[C@H](O)C[C@@H]1OC(=O)CCCCCCCCCCCCCCCCC. The summed E-state index contributed by atoms with van der Waals surface area (Å²) in [6, 6.07) is 0. The Kier molecular flexibility index (Phi) is 18.5. The third kappa shape index (κ3) is 14.5. The number of unbranched alkanes of at least 4 members (excludes halogenated alkanes) is 14. The van der Waals surface area contributed by atoms with Crippen molar-refractivity contribution in [2.45, 2.75) is 213 Å². The molecule has 3 rings (SSSR count). The van der Waals surface area contributed by atoms with Gasteiger partial charge in [0.25, 0.3) is 0 Å². The summed E-state index contributed by atoms with van der Waals surface area (Å²) >= 11 is 0. The Balaban J connectivity index is 1.37. The van der Waals surface area contributed by atoms with Gasteiger partial charge in [-0.05, 0) is 93.6 Å². The van der Waals surface area contributed by atoms with Gasteiger partial charge in [-0.25, -0.2) is 0 Å². The summed E-state index contributed by atoms with van der Waals surface area (Å²) in [5, 5.41) is 20.9. The number of carbonyl (C=O) groups is 1. The van der Waals surface area contributed by atoms with Crippen molar-refractivity contribution < 1.29 is 19.7 Å². The molecule has 0 radical (unpaired) electrons. The van der Waals surface area contributed by atoms with Crippen LogP contribution in [0.1, 0.15) is 195 Å². The van der Waals surface area contributed by atoms with Crippen LogP contribution in [-0.4, -0.2) is 34.0 Å². The number of esters is 1. The van der Waals surface area contributed by atoms with Crippen molar-refractivity contribution in [3.05, 3.63) is 47.1 Å². The van der Waals surface area contributed by atoms with Gasteiger partial charge in [-0.15, -0.1) is 0 Å². The number of allylic oxidation sites excluding steroid dienone is 5. The van der Waals surface area contributed by atoms with E-state index in [9.17, 15) is 15.0 Å². The molecule has 0 aromatic carbocycles. The molecule has 0 amide bonds. The lowest BCUT2D eigenvalue weighted by Gasteiger charge is -2.42. The highest BCUT2D eigenvalue weighted by atomic mass is 16.5. The van der Waals surface area contributed by atoms with E-state index in [-0.39, 0.29) is 11.4 Å². The molecule has 0 heterocycles. The zero-order valence-electron chi connectivity index (χ0n) is 32.6. The predicted octanol–water partition coefficient (Wildman–Crippen LogP) is 12.4. The summed E-state index contributed by atoms with van der Waals surface area (Å²) in [5.41, 5.74) is 4.61. The zero-order chi connectivity index (χ0) is 35.7. The second kappa shape index (κ2) is 21.7. The van der Waals surface area contributed by atoms with Crippen LogP contribution in [0.4, 0.5) is 0 Å². The minimum Gasteiger partial charge on any atom is -0.457 e. The summed E-state index contributed by atoms with van der Waals surface area (Å²) in [5.74, 6) is 0.903. The molecule has 4 nitrogen and oxygen atoms in total. The number of hydrogen-bond donors (Lipinski definition) is 2. The van der Waals surface area contributed by atoms with Gasteiger partial charge < -0.3 is 14.9 Å². The molecule has 5 atom stereocenters. The molecule has 3 aliphatic carbocycles. The molecule has 0 aromatic rings. The maximum absolute atomic E-state index is 12.8. The van der Waals surface area contributed by atoms with Crippen molar-refractivity contribution in [2.24, 2.45) is 17.3 Å². The van der Waals surface area contributed by atoms with E-state index >= 15 is 0 Å². The van der Waals surface area contributed by atoms with Crippen LogP contribution in [0.5, 0.6) is 0 Å². The molecule has 0 bridgehead atoms. The largest absolute Gasteiger partial charge is 0.457 e. The maximum Gasteiger partial charge on any atom is 0.306 e. The number of hydrogen-bond acceptors (Lipinski definition) is 4. The molecule has 280 valence electrons. The minimum absolute atomic E-state index is 0.156. The number of rotatable bonds is 23. The second-order valence-corrected chi connectivity index (χ2v) is 17.1. The molecule has 2 fully saturated rings. The number of carbonyl (C=O) groups excluding carboxylic acids is 1. The normalized spacial score (nSPS) is 26.6. The van der Waals surface area contributed by atoms with Gasteiger partial charge in [-0.1, -0.05) is 153 Å². The Morgan fingerprint density at radius 3 is 2.16 bits per heavy atom. The molecule has 0 saturated heterocycles. The van der Waals surface area contributed by atoms with Gasteiger partial charge in [-0.3, -0.25) is 4.79 Å². The molecule has 0 aromatic heterocycles. The highest BCUT2D eigenvalue weighted by Gasteiger charge is 2.46. The van der Waals surface area contributed by atoms with Crippen molar-refractivity contribution in [3.8, 4) is 0 Å². The highest BCUT2D eigenvalue weighted by molar-refractivity contribution is 5.70. The summed E-state index contributed by atoms with van der Waals surface area (Å²) in [4.78, 5) is 12.8. The van der Waals surface area contributed by atoms with E-state index in [1.165, 1.54) is 102 Å². The van der Waals surface area contributed by atoms with Crippen LogP contribution in [0.25, 0.3) is 0 Å². The Morgan fingerprint density at radius 2 is 1.57 bits per heavy atom. The highest BCUT2D eigenvalue weighted by Crippen LogP contribution is 2.57. The molecule has 2 saturated carbocycles. The first-order valence-electron chi connectivity index (χ1n) is 20.8. The monoisotopic (exact) mass is 681 g/mol. The van der Waals surface area contributed by atoms with Crippen LogP contribution >= 0.6 is 0 Å². The zero-order valence-corrected chi connectivity index (χ0v) is 32.6. The molecule has 4 heteroatoms.